The molecule has 26 heavy (non-hydrogen) atoms. The van der Waals surface area contributed by atoms with Crippen LogP contribution in [0.15, 0.2) is 35.3 Å². The summed E-state index contributed by atoms with van der Waals surface area (Å²) in [5.74, 6) is 0.908. The normalized spacial score (nSPS) is 18.2. The number of guanidine groups is 1. The first-order valence-corrected chi connectivity index (χ1v) is 11.0. The standard InChI is InChI=1S/C18H31N5O2S/c1-3-19-18(20-12-8-13-21-26(24,25)4-2)22-16-11-14-23(15-16)17-9-6-5-7-10-17/h5-7,9-10,16,21H,3-4,8,11-15H2,1-2H3,(H2,19,20,22). The van der Waals surface area contributed by atoms with Crippen LogP contribution in [0.4, 0.5) is 5.69 Å². The van der Waals surface area contributed by atoms with Crippen molar-refractivity contribution in [1.82, 2.24) is 15.4 Å². The van der Waals surface area contributed by atoms with Crippen LogP contribution in [0.3, 0.4) is 0 Å². The minimum atomic E-state index is -3.12. The SMILES string of the molecule is CCNC(=NCCCNS(=O)(=O)CC)NC1CCN(c2ccccc2)C1. The third-order valence-electron chi connectivity index (χ3n) is 4.30. The second kappa shape index (κ2) is 10.4. The molecule has 1 aromatic carbocycles. The van der Waals surface area contributed by atoms with Crippen molar-refractivity contribution in [2.24, 2.45) is 4.99 Å². The van der Waals surface area contributed by atoms with Gasteiger partial charge in [-0.1, -0.05) is 18.2 Å². The summed E-state index contributed by atoms with van der Waals surface area (Å²) < 4.78 is 25.4. The maximum absolute atomic E-state index is 11.4. The van der Waals surface area contributed by atoms with Crippen molar-refractivity contribution >= 4 is 21.7 Å². The van der Waals surface area contributed by atoms with Gasteiger partial charge in [0.25, 0.3) is 0 Å². The van der Waals surface area contributed by atoms with Crippen LogP contribution in [0.2, 0.25) is 0 Å². The average molecular weight is 382 g/mol. The average Bonchev–Trinajstić information content (AvgIpc) is 3.11. The lowest BCUT2D eigenvalue weighted by molar-refractivity contribution is 0.580. The Kier molecular flexibility index (Phi) is 8.18. The maximum atomic E-state index is 11.4. The van der Waals surface area contributed by atoms with Crippen LogP contribution in [0.5, 0.6) is 0 Å². The van der Waals surface area contributed by atoms with Crippen LogP contribution >= 0.6 is 0 Å². The van der Waals surface area contributed by atoms with Gasteiger partial charge in [-0.25, -0.2) is 13.1 Å². The number of benzene rings is 1. The number of hydrogen-bond donors (Lipinski definition) is 3. The molecular formula is C18H31N5O2S. The van der Waals surface area contributed by atoms with Gasteiger partial charge >= 0.3 is 0 Å². The molecule has 0 amide bonds. The number of nitrogens with one attached hydrogen (secondary N) is 3. The third kappa shape index (κ3) is 6.84. The Bertz CT molecular complexity index is 663. The third-order valence-corrected chi connectivity index (χ3v) is 5.71. The molecule has 3 N–H and O–H groups in total. The van der Waals surface area contributed by atoms with E-state index in [-0.39, 0.29) is 5.75 Å². The molecular weight excluding hydrogens is 350 g/mol. The zero-order valence-electron chi connectivity index (χ0n) is 15.7. The van der Waals surface area contributed by atoms with Crippen molar-refractivity contribution in [1.29, 1.82) is 0 Å². The Hall–Kier alpha value is -1.80. The van der Waals surface area contributed by atoms with Gasteiger partial charge in [0.1, 0.15) is 0 Å². The summed E-state index contributed by atoms with van der Waals surface area (Å²) in [5.41, 5.74) is 1.25. The topological polar surface area (TPSA) is 85.8 Å². The highest BCUT2D eigenvalue weighted by Gasteiger charge is 2.23. The number of rotatable bonds is 9. The van der Waals surface area contributed by atoms with Gasteiger partial charge < -0.3 is 15.5 Å². The van der Waals surface area contributed by atoms with Crippen molar-refractivity contribution in [3.05, 3.63) is 30.3 Å². The number of anilines is 1. The van der Waals surface area contributed by atoms with Crippen molar-refractivity contribution < 1.29 is 8.42 Å². The van der Waals surface area contributed by atoms with Gasteiger partial charge in [0.2, 0.25) is 10.0 Å². The van der Waals surface area contributed by atoms with Gasteiger partial charge in [-0.05, 0) is 38.8 Å². The van der Waals surface area contributed by atoms with E-state index in [1.807, 2.05) is 13.0 Å². The summed E-state index contributed by atoms with van der Waals surface area (Å²) in [6, 6.07) is 10.8. The van der Waals surface area contributed by atoms with Crippen molar-refractivity contribution in [2.45, 2.75) is 32.7 Å². The highest BCUT2D eigenvalue weighted by atomic mass is 32.2. The Morgan fingerprint density at radius 2 is 2.04 bits per heavy atom. The van der Waals surface area contributed by atoms with Crippen LogP contribution in [-0.4, -0.2) is 58.9 Å². The van der Waals surface area contributed by atoms with E-state index in [0.717, 1.165) is 32.0 Å². The lowest BCUT2D eigenvalue weighted by Crippen LogP contribution is -2.44. The fraction of sp³-hybridized carbons (Fsp3) is 0.611. The van der Waals surface area contributed by atoms with Crippen molar-refractivity contribution in [3.8, 4) is 0 Å². The zero-order chi connectivity index (χ0) is 18.8. The largest absolute Gasteiger partial charge is 0.369 e. The second-order valence-corrected chi connectivity index (χ2v) is 8.42. The van der Waals surface area contributed by atoms with Gasteiger partial charge in [0.05, 0.1) is 5.75 Å². The summed E-state index contributed by atoms with van der Waals surface area (Å²) in [4.78, 5) is 6.94. The fourth-order valence-electron chi connectivity index (χ4n) is 2.86. The van der Waals surface area contributed by atoms with E-state index >= 15 is 0 Å². The number of hydrogen-bond acceptors (Lipinski definition) is 4. The molecule has 1 aliphatic heterocycles. The molecule has 1 saturated heterocycles. The predicted octanol–water partition coefficient (Wildman–Crippen LogP) is 1.15. The monoisotopic (exact) mass is 381 g/mol. The van der Waals surface area contributed by atoms with Crippen LogP contribution in [0, 0.1) is 0 Å². The molecule has 1 atom stereocenters. The van der Waals surface area contributed by atoms with Crippen LogP contribution < -0.4 is 20.3 Å². The quantitative estimate of drug-likeness (QED) is 0.339. The molecule has 1 unspecified atom stereocenters. The first-order valence-electron chi connectivity index (χ1n) is 9.36. The lowest BCUT2D eigenvalue weighted by atomic mass is 10.3. The van der Waals surface area contributed by atoms with E-state index < -0.39 is 10.0 Å². The Morgan fingerprint density at radius 1 is 1.27 bits per heavy atom. The minimum absolute atomic E-state index is 0.111. The van der Waals surface area contributed by atoms with E-state index in [2.05, 4.69) is 49.5 Å². The van der Waals surface area contributed by atoms with Crippen LogP contribution in [0.1, 0.15) is 26.7 Å². The fourth-order valence-corrected chi connectivity index (χ4v) is 3.52. The van der Waals surface area contributed by atoms with E-state index in [4.69, 9.17) is 0 Å². The summed E-state index contributed by atoms with van der Waals surface area (Å²) >= 11 is 0. The summed E-state index contributed by atoms with van der Waals surface area (Å²) in [6.07, 6.45) is 1.74. The van der Waals surface area contributed by atoms with E-state index in [9.17, 15) is 8.42 Å². The van der Waals surface area contributed by atoms with E-state index in [0.29, 0.717) is 25.6 Å². The van der Waals surface area contributed by atoms with Crippen LogP contribution in [0.25, 0.3) is 0 Å². The van der Waals surface area contributed by atoms with Gasteiger partial charge in [-0.3, -0.25) is 4.99 Å². The van der Waals surface area contributed by atoms with Gasteiger partial charge in [0.15, 0.2) is 5.96 Å². The summed E-state index contributed by atoms with van der Waals surface area (Å²) in [7, 11) is -3.12. The molecule has 1 aromatic rings. The minimum Gasteiger partial charge on any atom is -0.369 e. The molecule has 2 rings (SSSR count). The molecule has 0 aromatic heterocycles. The summed E-state index contributed by atoms with van der Waals surface area (Å²) in [6.45, 7) is 7.44. The molecule has 0 spiro atoms. The maximum Gasteiger partial charge on any atom is 0.211 e. The Labute approximate surface area is 157 Å². The van der Waals surface area contributed by atoms with Gasteiger partial charge in [-0.2, -0.15) is 0 Å². The number of sulfonamides is 1. The summed E-state index contributed by atoms with van der Waals surface area (Å²) in [5, 5.41) is 6.76. The molecule has 8 heteroatoms. The Balaban J connectivity index is 1.78. The number of nitrogens with zero attached hydrogens (tertiary/aromatic N) is 2. The molecule has 0 bridgehead atoms. The van der Waals surface area contributed by atoms with E-state index in [1.54, 1.807) is 6.92 Å². The molecule has 146 valence electrons. The lowest BCUT2D eigenvalue weighted by Gasteiger charge is -2.20. The molecule has 1 fully saturated rings. The van der Waals surface area contributed by atoms with Crippen molar-refractivity contribution in [2.75, 3.05) is 43.4 Å². The molecule has 0 saturated carbocycles. The van der Waals surface area contributed by atoms with Crippen molar-refractivity contribution in [3.63, 3.8) is 0 Å². The first kappa shape index (κ1) is 20.5. The number of para-hydroxylation sites is 1. The van der Waals surface area contributed by atoms with E-state index in [1.165, 1.54) is 5.69 Å². The first-order chi connectivity index (χ1) is 12.5. The zero-order valence-corrected chi connectivity index (χ0v) is 16.6. The molecule has 7 nitrogen and oxygen atoms in total. The van der Waals surface area contributed by atoms with Gasteiger partial charge in [0, 0.05) is 44.5 Å². The Morgan fingerprint density at radius 3 is 2.73 bits per heavy atom. The molecule has 1 aliphatic rings. The highest BCUT2D eigenvalue weighted by molar-refractivity contribution is 7.89. The molecule has 0 radical (unpaired) electrons. The smallest absolute Gasteiger partial charge is 0.211 e. The second-order valence-electron chi connectivity index (χ2n) is 6.32. The highest BCUT2D eigenvalue weighted by Crippen LogP contribution is 2.19. The van der Waals surface area contributed by atoms with Crippen LogP contribution in [-0.2, 0) is 10.0 Å². The number of aliphatic imine (C=N–C) groups is 1. The molecule has 0 aliphatic carbocycles. The molecule has 1 heterocycles. The predicted molar refractivity (Wildman–Crippen MR) is 108 cm³/mol. The van der Waals surface area contributed by atoms with Gasteiger partial charge in [-0.15, -0.1) is 0 Å².